The number of carboxylic acid groups (broad SMARTS) is 1. The number of halogens is 1. The quantitative estimate of drug-likeness (QED) is 0.707. The molecule has 3 N–H and O–H groups in total. The first kappa shape index (κ1) is 10.9. The van der Waals surface area contributed by atoms with E-state index >= 15 is 0 Å². The van der Waals surface area contributed by atoms with E-state index in [1.807, 2.05) is 0 Å². The molecule has 1 atom stereocenters. The van der Waals surface area contributed by atoms with Gasteiger partial charge in [0.05, 0.1) is 6.20 Å². The molecule has 0 aliphatic carbocycles. The van der Waals surface area contributed by atoms with Crippen molar-refractivity contribution in [2.75, 3.05) is 0 Å². The van der Waals surface area contributed by atoms with E-state index < -0.39 is 12.0 Å². The van der Waals surface area contributed by atoms with Gasteiger partial charge in [0.25, 0.3) is 0 Å². The lowest BCUT2D eigenvalue weighted by atomic mass is 10.2. The first-order valence-electron chi connectivity index (χ1n) is 3.08. The first-order valence-corrected chi connectivity index (χ1v) is 3.08. The summed E-state index contributed by atoms with van der Waals surface area (Å²) in [4.78, 5) is 10.2. The topological polar surface area (TPSA) is 89.4 Å². The van der Waals surface area contributed by atoms with Gasteiger partial charge in [-0.15, -0.1) is 12.4 Å². The second-order valence-electron chi connectivity index (χ2n) is 2.13. The van der Waals surface area contributed by atoms with E-state index in [1.165, 1.54) is 6.20 Å². The van der Waals surface area contributed by atoms with Crippen molar-refractivity contribution in [2.24, 2.45) is 5.73 Å². The molecule has 5 nitrogen and oxygen atoms in total. The summed E-state index contributed by atoms with van der Waals surface area (Å²) in [5.41, 5.74) is 5.22. The van der Waals surface area contributed by atoms with Gasteiger partial charge < -0.3 is 15.4 Å². The van der Waals surface area contributed by atoms with E-state index in [-0.39, 0.29) is 18.8 Å². The third kappa shape index (κ3) is 2.89. The predicted molar refractivity (Wildman–Crippen MR) is 43.1 cm³/mol. The highest BCUT2D eigenvalue weighted by Crippen LogP contribution is 1.99. The van der Waals surface area contributed by atoms with Gasteiger partial charge in [-0.3, -0.25) is 4.79 Å². The number of carbonyl (C=O) groups is 1. The van der Waals surface area contributed by atoms with Crippen LogP contribution in [0, 0.1) is 0 Å². The molecule has 1 unspecified atom stereocenters. The Morgan fingerprint density at radius 2 is 2.50 bits per heavy atom. The summed E-state index contributed by atoms with van der Waals surface area (Å²) in [5.74, 6) is -0.554. The third-order valence-corrected chi connectivity index (χ3v) is 1.23. The van der Waals surface area contributed by atoms with Gasteiger partial charge in [0.1, 0.15) is 11.8 Å². The van der Waals surface area contributed by atoms with Gasteiger partial charge in [0.2, 0.25) is 0 Å². The molecule has 0 bridgehead atoms. The summed E-state index contributed by atoms with van der Waals surface area (Å²) in [5, 5.41) is 11.8. The number of rotatable bonds is 3. The van der Waals surface area contributed by atoms with Crippen LogP contribution < -0.4 is 5.73 Å². The molecule has 0 amide bonds. The summed E-state index contributed by atoms with van der Waals surface area (Å²) >= 11 is 0. The van der Waals surface area contributed by atoms with E-state index in [0.29, 0.717) is 5.76 Å². The van der Waals surface area contributed by atoms with E-state index in [1.54, 1.807) is 6.07 Å². The Bertz CT molecular complexity index is 237. The SMILES string of the molecule is Cl.NC(Cc1ccno1)C(=O)O. The van der Waals surface area contributed by atoms with Crippen LogP contribution in [0.3, 0.4) is 0 Å². The minimum Gasteiger partial charge on any atom is -0.480 e. The maximum atomic E-state index is 10.2. The Morgan fingerprint density at radius 1 is 1.83 bits per heavy atom. The molecule has 1 rings (SSSR count). The van der Waals surface area contributed by atoms with Crippen molar-refractivity contribution in [3.63, 3.8) is 0 Å². The lowest BCUT2D eigenvalue weighted by Gasteiger charge is -2.00. The van der Waals surface area contributed by atoms with Crippen molar-refractivity contribution in [1.29, 1.82) is 0 Å². The molecule has 6 heteroatoms. The largest absolute Gasteiger partial charge is 0.480 e. The van der Waals surface area contributed by atoms with Crippen LogP contribution in [-0.4, -0.2) is 22.3 Å². The second kappa shape index (κ2) is 4.74. The molecule has 0 aromatic carbocycles. The van der Waals surface area contributed by atoms with Crippen LogP contribution in [0.4, 0.5) is 0 Å². The number of nitrogens with zero attached hydrogens (tertiary/aromatic N) is 1. The summed E-state index contributed by atoms with van der Waals surface area (Å²) in [6, 6.07) is 0.672. The fourth-order valence-corrected chi connectivity index (χ4v) is 0.651. The molecule has 0 aliphatic rings. The highest BCUT2D eigenvalue weighted by molar-refractivity contribution is 5.85. The zero-order valence-electron chi connectivity index (χ0n) is 6.14. The van der Waals surface area contributed by atoms with E-state index in [2.05, 4.69) is 9.68 Å². The Kier molecular flexibility index (Phi) is 4.31. The van der Waals surface area contributed by atoms with Crippen LogP contribution in [0.1, 0.15) is 5.76 Å². The lowest BCUT2D eigenvalue weighted by Crippen LogP contribution is -2.32. The van der Waals surface area contributed by atoms with Crippen molar-refractivity contribution in [3.05, 3.63) is 18.0 Å². The number of carboxylic acids is 1. The average molecular weight is 193 g/mol. The zero-order valence-corrected chi connectivity index (χ0v) is 6.95. The molecule has 68 valence electrons. The fraction of sp³-hybridized carbons (Fsp3) is 0.333. The monoisotopic (exact) mass is 192 g/mol. The molecule has 0 saturated heterocycles. The van der Waals surface area contributed by atoms with Gasteiger partial charge in [0, 0.05) is 12.5 Å². The van der Waals surface area contributed by atoms with Crippen molar-refractivity contribution in [1.82, 2.24) is 5.16 Å². The Balaban J connectivity index is 0.00000121. The fourth-order valence-electron chi connectivity index (χ4n) is 0.651. The third-order valence-electron chi connectivity index (χ3n) is 1.23. The van der Waals surface area contributed by atoms with Crippen LogP contribution in [0.25, 0.3) is 0 Å². The minimum atomic E-state index is -1.04. The standard InChI is InChI=1S/C6H8N2O3.ClH/c7-5(6(9)10)3-4-1-2-8-11-4;/h1-2,5H,3,7H2,(H,9,10);1H. The number of hydrogen-bond donors (Lipinski definition) is 2. The van der Waals surface area contributed by atoms with Crippen molar-refractivity contribution in [3.8, 4) is 0 Å². The molecule has 0 saturated carbocycles. The maximum absolute atomic E-state index is 10.2. The van der Waals surface area contributed by atoms with Crippen molar-refractivity contribution in [2.45, 2.75) is 12.5 Å². The lowest BCUT2D eigenvalue weighted by molar-refractivity contribution is -0.138. The Morgan fingerprint density at radius 3 is 2.92 bits per heavy atom. The molecular formula is C6H9ClN2O3. The highest BCUT2D eigenvalue weighted by atomic mass is 35.5. The van der Waals surface area contributed by atoms with E-state index in [0.717, 1.165) is 0 Å². The van der Waals surface area contributed by atoms with Gasteiger partial charge in [-0.2, -0.15) is 0 Å². The number of nitrogens with two attached hydrogens (primary N) is 1. The van der Waals surface area contributed by atoms with Crippen LogP contribution in [0.5, 0.6) is 0 Å². The van der Waals surface area contributed by atoms with E-state index in [9.17, 15) is 4.79 Å². The molecule has 0 fully saturated rings. The van der Waals surface area contributed by atoms with Gasteiger partial charge in [-0.1, -0.05) is 5.16 Å². The molecule has 1 heterocycles. The normalized spacial score (nSPS) is 11.8. The average Bonchev–Trinajstić information content (AvgIpc) is 2.39. The molecule has 12 heavy (non-hydrogen) atoms. The maximum Gasteiger partial charge on any atom is 0.320 e. The number of hydrogen-bond acceptors (Lipinski definition) is 4. The van der Waals surface area contributed by atoms with Gasteiger partial charge in [-0.05, 0) is 0 Å². The smallest absolute Gasteiger partial charge is 0.320 e. The van der Waals surface area contributed by atoms with Crippen LogP contribution >= 0.6 is 12.4 Å². The number of aromatic nitrogens is 1. The summed E-state index contributed by atoms with van der Waals surface area (Å²) in [7, 11) is 0. The summed E-state index contributed by atoms with van der Waals surface area (Å²) < 4.78 is 4.66. The van der Waals surface area contributed by atoms with Crippen molar-refractivity contribution >= 4 is 18.4 Å². The van der Waals surface area contributed by atoms with Crippen molar-refractivity contribution < 1.29 is 14.4 Å². The number of aliphatic carboxylic acids is 1. The Hall–Kier alpha value is -1.07. The second-order valence-corrected chi connectivity index (χ2v) is 2.13. The Labute approximate surface area is 74.9 Å². The molecule has 0 aliphatic heterocycles. The predicted octanol–water partition coefficient (Wildman–Crippen LogP) is 0.0508. The molecule has 1 aromatic heterocycles. The zero-order chi connectivity index (χ0) is 8.27. The molecule has 0 radical (unpaired) electrons. The summed E-state index contributed by atoms with van der Waals surface area (Å²) in [6.07, 6.45) is 1.62. The first-order chi connectivity index (χ1) is 5.20. The summed E-state index contributed by atoms with van der Waals surface area (Å²) in [6.45, 7) is 0. The van der Waals surface area contributed by atoms with Crippen LogP contribution in [0.15, 0.2) is 16.8 Å². The minimum absolute atomic E-state index is 0. The molecule has 1 aromatic rings. The van der Waals surface area contributed by atoms with Crippen LogP contribution in [0.2, 0.25) is 0 Å². The highest BCUT2D eigenvalue weighted by Gasteiger charge is 2.13. The van der Waals surface area contributed by atoms with Gasteiger partial charge in [0.15, 0.2) is 0 Å². The van der Waals surface area contributed by atoms with Crippen LogP contribution in [-0.2, 0) is 11.2 Å². The molecular weight excluding hydrogens is 184 g/mol. The van der Waals surface area contributed by atoms with Gasteiger partial charge in [-0.25, -0.2) is 0 Å². The van der Waals surface area contributed by atoms with E-state index in [4.69, 9.17) is 10.8 Å². The molecule has 0 spiro atoms. The van der Waals surface area contributed by atoms with Gasteiger partial charge >= 0.3 is 5.97 Å².